The van der Waals surface area contributed by atoms with Crippen molar-refractivity contribution in [3.05, 3.63) is 92.9 Å². The molecule has 6 heteroatoms. The molecular weight excluding hydrogens is 426 g/mol. The summed E-state index contributed by atoms with van der Waals surface area (Å²) in [6, 6.07) is 17.8. The number of amides is 1. The van der Waals surface area contributed by atoms with Gasteiger partial charge in [0, 0.05) is 55.9 Å². The molecule has 1 amide bonds. The Kier molecular flexibility index (Phi) is 7.06. The number of piperazine rings is 1. The molecule has 2 heterocycles. The van der Waals surface area contributed by atoms with Crippen LogP contribution in [-0.4, -0.2) is 48.7 Å². The maximum Gasteiger partial charge on any atom is 0.259 e. The molecule has 0 spiro atoms. The molecule has 0 N–H and O–H groups in total. The number of benzene rings is 2. The lowest BCUT2D eigenvalue weighted by Gasteiger charge is -2.37. The molecule has 0 unspecified atom stereocenters. The molecule has 1 aromatic heterocycles. The average Bonchev–Trinajstić information content (AvgIpc) is 2.86. The van der Waals surface area contributed by atoms with Gasteiger partial charge in [0.2, 0.25) is 0 Å². The lowest BCUT2D eigenvalue weighted by molar-refractivity contribution is 0.0743. The summed E-state index contributed by atoms with van der Waals surface area (Å²) in [5, 5.41) is 0. The first kappa shape index (κ1) is 23.6. The lowest BCUT2D eigenvalue weighted by Crippen LogP contribution is -2.50. The Morgan fingerprint density at radius 2 is 1.65 bits per heavy atom. The highest BCUT2D eigenvalue weighted by Gasteiger charge is 2.27. The van der Waals surface area contributed by atoms with Gasteiger partial charge in [-0.25, -0.2) is 0 Å². The normalized spacial score (nSPS) is 13.8. The SMILES string of the molecule is CCc1c(C(=O)N2CCN(c3ccccc3C)CC2)c(=O)cc(C)n1Cc1ccc(OC)cc1. The Hall–Kier alpha value is -3.54. The molecule has 2 aromatic carbocycles. The maximum absolute atomic E-state index is 13.6. The molecular formula is C28H33N3O3. The minimum absolute atomic E-state index is 0.158. The van der Waals surface area contributed by atoms with Gasteiger partial charge in [0.15, 0.2) is 5.43 Å². The Morgan fingerprint density at radius 3 is 2.26 bits per heavy atom. The highest BCUT2D eigenvalue weighted by Crippen LogP contribution is 2.22. The minimum Gasteiger partial charge on any atom is -0.497 e. The van der Waals surface area contributed by atoms with Crippen LogP contribution < -0.4 is 15.1 Å². The number of carbonyl (C=O) groups excluding carboxylic acids is 1. The molecule has 0 radical (unpaired) electrons. The van der Waals surface area contributed by atoms with Crippen LogP contribution in [0.3, 0.4) is 0 Å². The van der Waals surface area contributed by atoms with Gasteiger partial charge in [-0.15, -0.1) is 0 Å². The number of aromatic nitrogens is 1. The second-order valence-corrected chi connectivity index (χ2v) is 8.83. The van der Waals surface area contributed by atoms with Crippen LogP contribution in [0.4, 0.5) is 5.69 Å². The summed E-state index contributed by atoms with van der Waals surface area (Å²) in [5.74, 6) is 0.645. The summed E-state index contributed by atoms with van der Waals surface area (Å²) < 4.78 is 7.36. The summed E-state index contributed by atoms with van der Waals surface area (Å²) in [5.41, 5.74) is 5.31. The Labute approximate surface area is 201 Å². The summed E-state index contributed by atoms with van der Waals surface area (Å²) in [6.07, 6.45) is 0.608. The van der Waals surface area contributed by atoms with Crippen molar-refractivity contribution in [3.63, 3.8) is 0 Å². The van der Waals surface area contributed by atoms with E-state index in [1.165, 1.54) is 11.3 Å². The maximum atomic E-state index is 13.6. The zero-order valence-corrected chi connectivity index (χ0v) is 20.5. The number of rotatable bonds is 6. The van der Waals surface area contributed by atoms with Crippen molar-refractivity contribution in [1.82, 2.24) is 9.47 Å². The number of aryl methyl sites for hydroxylation is 2. The van der Waals surface area contributed by atoms with E-state index in [2.05, 4.69) is 28.5 Å². The van der Waals surface area contributed by atoms with Crippen LogP contribution in [0.1, 0.15) is 39.8 Å². The molecule has 1 aliphatic heterocycles. The van der Waals surface area contributed by atoms with Crippen molar-refractivity contribution in [1.29, 1.82) is 0 Å². The van der Waals surface area contributed by atoms with Gasteiger partial charge in [-0.2, -0.15) is 0 Å². The highest BCUT2D eigenvalue weighted by molar-refractivity contribution is 5.95. The van der Waals surface area contributed by atoms with Crippen LogP contribution in [0.5, 0.6) is 5.75 Å². The van der Waals surface area contributed by atoms with Crippen molar-refractivity contribution in [3.8, 4) is 5.75 Å². The fraction of sp³-hybridized carbons (Fsp3) is 0.357. The number of nitrogens with zero attached hydrogens (tertiary/aromatic N) is 3. The van der Waals surface area contributed by atoms with Crippen molar-refractivity contribution >= 4 is 11.6 Å². The van der Waals surface area contributed by atoms with E-state index in [9.17, 15) is 9.59 Å². The molecule has 1 saturated heterocycles. The van der Waals surface area contributed by atoms with E-state index in [0.717, 1.165) is 35.8 Å². The predicted octanol–water partition coefficient (Wildman–Crippen LogP) is 4.05. The number of hydrogen-bond acceptors (Lipinski definition) is 4. The van der Waals surface area contributed by atoms with Crippen LogP contribution >= 0.6 is 0 Å². The van der Waals surface area contributed by atoms with E-state index in [-0.39, 0.29) is 11.3 Å². The average molecular weight is 460 g/mol. The third kappa shape index (κ3) is 4.72. The van der Waals surface area contributed by atoms with Gasteiger partial charge in [-0.1, -0.05) is 37.3 Å². The largest absolute Gasteiger partial charge is 0.497 e. The van der Waals surface area contributed by atoms with Crippen molar-refractivity contribution < 1.29 is 9.53 Å². The van der Waals surface area contributed by atoms with E-state index in [4.69, 9.17) is 4.74 Å². The quantitative estimate of drug-likeness (QED) is 0.558. The fourth-order valence-electron chi connectivity index (χ4n) is 4.79. The molecule has 1 fully saturated rings. The lowest BCUT2D eigenvalue weighted by atomic mass is 10.1. The summed E-state index contributed by atoms with van der Waals surface area (Å²) >= 11 is 0. The van der Waals surface area contributed by atoms with Crippen molar-refractivity contribution in [2.24, 2.45) is 0 Å². The fourth-order valence-corrected chi connectivity index (χ4v) is 4.79. The third-order valence-corrected chi connectivity index (χ3v) is 6.70. The molecule has 0 saturated carbocycles. The second-order valence-electron chi connectivity index (χ2n) is 8.83. The van der Waals surface area contributed by atoms with Crippen LogP contribution in [0, 0.1) is 13.8 Å². The van der Waals surface area contributed by atoms with Crippen molar-refractivity contribution in [2.75, 3.05) is 38.2 Å². The zero-order chi connectivity index (χ0) is 24.2. The molecule has 3 aromatic rings. The monoisotopic (exact) mass is 459 g/mol. The first-order valence-electron chi connectivity index (χ1n) is 11.9. The number of methoxy groups -OCH3 is 1. The minimum atomic E-state index is -0.188. The Balaban J connectivity index is 1.58. The molecule has 0 aliphatic carbocycles. The van der Waals surface area contributed by atoms with Gasteiger partial charge in [0.1, 0.15) is 11.3 Å². The molecule has 1 aliphatic rings. The van der Waals surface area contributed by atoms with Crippen molar-refractivity contribution in [2.45, 2.75) is 33.7 Å². The molecule has 178 valence electrons. The van der Waals surface area contributed by atoms with Crippen LogP contribution in [0.2, 0.25) is 0 Å². The van der Waals surface area contributed by atoms with Gasteiger partial charge < -0.3 is 19.1 Å². The molecule has 0 atom stereocenters. The van der Waals surface area contributed by atoms with Gasteiger partial charge in [0.05, 0.1) is 7.11 Å². The second kappa shape index (κ2) is 10.2. The number of anilines is 1. The van der Waals surface area contributed by atoms with E-state index in [1.54, 1.807) is 13.2 Å². The Morgan fingerprint density at radius 1 is 0.971 bits per heavy atom. The number of pyridine rings is 1. The summed E-state index contributed by atoms with van der Waals surface area (Å²) in [6.45, 7) is 9.35. The number of ether oxygens (including phenoxy) is 1. The third-order valence-electron chi connectivity index (χ3n) is 6.70. The van der Waals surface area contributed by atoms with Gasteiger partial charge in [-0.3, -0.25) is 9.59 Å². The van der Waals surface area contributed by atoms with E-state index in [0.29, 0.717) is 31.6 Å². The Bertz CT molecular complexity index is 1220. The van der Waals surface area contributed by atoms with E-state index >= 15 is 0 Å². The molecule has 34 heavy (non-hydrogen) atoms. The van der Waals surface area contributed by atoms with Gasteiger partial charge >= 0.3 is 0 Å². The predicted molar refractivity (Wildman–Crippen MR) is 136 cm³/mol. The first-order chi connectivity index (χ1) is 16.4. The molecule has 6 nitrogen and oxygen atoms in total. The van der Waals surface area contributed by atoms with Gasteiger partial charge in [-0.05, 0) is 49.6 Å². The van der Waals surface area contributed by atoms with E-state index in [1.807, 2.05) is 55.1 Å². The summed E-state index contributed by atoms with van der Waals surface area (Å²) in [4.78, 5) is 30.8. The number of hydrogen-bond donors (Lipinski definition) is 0. The zero-order valence-electron chi connectivity index (χ0n) is 20.5. The summed E-state index contributed by atoms with van der Waals surface area (Å²) in [7, 11) is 1.65. The highest BCUT2D eigenvalue weighted by atomic mass is 16.5. The number of para-hydroxylation sites is 1. The first-order valence-corrected chi connectivity index (χ1v) is 11.9. The van der Waals surface area contributed by atoms with Crippen LogP contribution in [0.15, 0.2) is 59.4 Å². The van der Waals surface area contributed by atoms with E-state index < -0.39 is 0 Å². The standard InChI is InChI=1S/C28H33N3O3/c1-5-24-27(26(32)18-21(3)31(24)19-22-10-12-23(34-4)13-11-22)28(33)30-16-14-29(15-17-30)25-9-7-6-8-20(25)2/h6-13,18H,5,14-17,19H2,1-4H3. The topological polar surface area (TPSA) is 54.8 Å². The van der Waals surface area contributed by atoms with Gasteiger partial charge in [0.25, 0.3) is 5.91 Å². The molecule has 0 bridgehead atoms. The van der Waals surface area contributed by atoms with Crippen LogP contribution in [-0.2, 0) is 13.0 Å². The van der Waals surface area contributed by atoms with Crippen LogP contribution in [0.25, 0.3) is 0 Å². The smallest absolute Gasteiger partial charge is 0.259 e. The number of carbonyl (C=O) groups is 1. The molecule has 4 rings (SSSR count).